The molecule has 0 unspecified atom stereocenters. The van der Waals surface area contributed by atoms with Crippen molar-refractivity contribution in [1.82, 2.24) is 14.7 Å². The van der Waals surface area contributed by atoms with Crippen LogP contribution in [0.5, 0.6) is 0 Å². The van der Waals surface area contributed by atoms with Gasteiger partial charge in [0.2, 0.25) is 0 Å². The van der Waals surface area contributed by atoms with Crippen molar-refractivity contribution in [3.8, 4) is 5.69 Å². The molecule has 2 heterocycles. The van der Waals surface area contributed by atoms with Gasteiger partial charge in [0.15, 0.2) is 0 Å². The summed E-state index contributed by atoms with van der Waals surface area (Å²) in [4.78, 5) is 13.7. The summed E-state index contributed by atoms with van der Waals surface area (Å²) in [5.41, 5.74) is 8.18. The number of nitrogen functional groups attached to an aromatic ring is 1. The number of rotatable bonds is 1. The normalized spacial score (nSPS) is 14.0. The Balaban J connectivity index is 1.81. The lowest BCUT2D eigenvalue weighted by molar-refractivity contribution is 0.0239. The summed E-state index contributed by atoms with van der Waals surface area (Å²) < 4.78 is 7.06. The summed E-state index contributed by atoms with van der Waals surface area (Å²) in [5.74, 6) is 0.536. The lowest BCUT2D eigenvalue weighted by Crippen LogP contribution is -2.33. The lowest BCUT2D eigenvalue weighted by Gasteiger charge is -2.24. The molecule has 0 fully saturated rings. The molecule has 3 rings (SSSR count). The van der Waals surface area contributed by atoms with E-state index in [1.165, 1.54) is 0 Å². The molecule has 0 saturated heterocycles. The maximum absolute atomic E-state index is 12.1. The van der Waals surface area contributed by atoms with Crippen molar-refractivity contribution in [2.45, 2.75) is 39.5 Å². The van der Waals surface area contributed by atoms with Crippen LogP contribution in [0.3, 0.4) is 0 Å². The quantitative estimate of drug-likeness (QED) is 0.867. The number of ether oxygens (including phenoxy) is 1. The fourth-order valence-corrected chi connectivity index (χ4v) is 2.60. The molecule has 122 valence electrons. The molecule has 2 N–H and O–H groups in total. The Kier molecular flexibility index (Phi) is 3.72. The van der Waals surface area contributed by atoms with Crippen LogP contribution in [0.2, 0.25) is 5.02 Å². The van der Waals surface area contributed by atoms with Gasteiger partial charge in [-0.25, -0.2) is 9.48 Å². The molecule has 0 radical (unpaired) electrons. The minimum atomic E-state index is -0.522. The van der Waals surface area contributed by atoms with Crippen LogP contribution in [0.25, 0.3) is 5.69 Å². The number of aromatic nitrogens is 2. The molecule has 0 saturated carbocycles. The SMILES string of the molecule is CC(C)(C)OC(=O)N1Cc2nn(-c3ccc(Cl)cc3)c(N)c2C1. The number of nitrogens with two attached hydrogens (primary N) is 1. The largest absolute Gasteiger partial charge is 0.444 e. The average molecular weight is 335 g/mol. The Morgan fingerprint density at radius 3 is 2.48 bits per heavy atom. The van der Waals surface area contributed by atoms with Gasteiger partial charge in [0.25, 0.3) is 0 Å². The van der Waals surface area contributed by atoms with Crippen LogP contribution in [0.4, 0.5) is 10.6 Å². The van der Waals surface area contributed by atoms with Gasteiger partial charge in [-0.3, -0.25) is 4.90 Å². The minimum absolute atomic E-state index is 0.354. The molecular formula is C16H19ClN4O2. The molecule has 23 heavy (non-hydrogen) atoms. The van der Waals surface area contributed by atoms with Gasteiger partial charge < -0.3 is 10.5 Å². The Hall–Kier alpha value is -2.21. The van der Waals surface area contributed by atoms with E-state index in [4.69, 9.17) is 22.1 Å². The molecule has 2 aromatic rings. The molecule has 0 aliphatic carbocycles. The van der Waals surface area contributed by atoms with Crippen LogP contribution in [-0.2, 0) is 17.8 Å². The molecule has 1 aliphatic heterocycles. The second-order valence-corrected chi connectivity index (χ2v) is 6.97. The first-order chi connectivity index (χ1) is 10.7. The Bertz CT molecular complexity index is 747. The fourth-order valence-electron chi connectivity index (χ4n) is 2.47. The molecule has 0 atom stereocenters. The van der Waals surface area contributed by atoms with Crippen LogP contribution < -0.4 is 5.73 Å². The summed E-state index contributed by atoms with van der Waals surface area (Å²) in [6.45, 7) is 6.33. The zero-order valence-electron chi connectivity index (χ0n) is 13.3. The first-order valence-electron chi connectivity index (χ1n) is 7.35. The number of halogens is 1. The molecule has 1 aliphatic rings. The molecule has 1 aromatic carbocycles. The fraction of sp³-hybridized carbons (Fsp3) is 0.375. The molecule has 7 heteroatoms. The second kappa shape index (κ2) is 5.45. The first-order valence-corrected chi connectivity index (χ1v) is 7.72. The number of hydrogen-bond donors (Lipinski definition) is 1. The van der Waals surface area contributed by atoms with Crippen LogP contribution >= 0.6 is 11.6 Å². The average Bonchev–Trinajstić information content (AvgIpc) is 2.98. The van der Waals surface area contributed by atoms with E-state index >= 15 is 0 Å². The van der Waals surface area contributed by atoms with Crippen LogP contribution in [0.1, 0.15) is 32.0 Å². The number of nitrogens with zero attached hydrogens (tertiary/aromatic N) is 3. The van der Waals surface area contributed by atoms with Gasteiger partial charge in [-0.05, 0) is 45.0 Å². The number of amides is 1. The van der Waals surface area contributed by atoms with E-state index in [2.05, 4.69) is 5.10 Å². The zero-order chi connectivity index (χ0) is 16.8. The van der Waals surface area contributed by atoms with E-state index in [1.807, 2.05) is 32.9 Å². The summed E-state index contributed by atoms with van der Waals surface area (Å²) in [6.07, 6.45) is -0.354. The van der Waals surface area contributed by atoms with Crippen molar-refractivity contribution in [3.63, 3.8) is 0 Å². The third-order valence-electron chi connectivity index (χ3n) is 3.52. The highest BCUT2D eigenvalue weighted by Crippen LogP contribution is 2.30. The van der Waals surface area contributed by atoms with Crippen molar-refractivity contribution in [2.75, 3.05) is 5.73 Å². The van der Waals surface area contributed by atoms with Gasteiger partial charge in [0.05, 0.1) is 24.5 Å². The van der Waals surface area contributed by atoms with E-state index in [-0.39, 0.29) is 6.09 Å². The maximum atomic E-state index is 12.1. The molecular weight excluding hydrogens is 316 g/mol. The number of fused-ring (bicyclic) bond motifs is 1. The minimum Gasteiger partial charge on any atom is -0.444 e. The summed E-state index contributed by atoms with van der Waals surface area (Å²) in [6, 6.07) is 7.28. The standard InChI is InChI=1S/C16H19ClN4O2/c1-16(2,3)23-15(22)20-8-12-13(9-20)19-21(14(12)18)11-6-4-10(17)5-7-11/h4-7H,8-9,18H2,1-3H3. The van der Waals surface area contributed by atoms with Crippen molar-refractivity contribution >= 4 is 23.5 Å². The van der Waals surface area contributed by atoms with Crippen molar-refractivity contribution in [2.24, 2.45) is 0 Å². The highest BCUT2D eigenvalue weighted by Gasteiger charge is 2.32. The number of carbonyl (C=O) groups is 1. The summed E-state index contributed by atoms with van der Waals surface area (Å²) >= 11 is 5.90. The van der Waals surface area contributed by atoms with Gasteiger partial charge in [0, 0.05) is 10.6 Å². The van der Waals surface area contributed by atoms with Gasteiger partial charge in [-0.1, -0.05) is 11.6 Å². The van der Waals surface area contributed by atoms with E-state index in [9.17, 15) is 4.79 Å². The topological polar surface area (TPSA) is 73.4 Å². The van der Waals surface area contributed by atoms with Crippen LogP contribution in [0, 0.1) is 0 Å². The number of benzene rings is 1. The predicted molar refractivity (Wildman–Crippen MR) is 88.5 cm³/mol. The monoisotopic (exact) mass is 334 g/mol. The van der Waals surface area contributed by atoms with Crippen molar-refractivity contribution in [1.29, 1.82) is 0 Å². The molecule has 6 nitrogen and oxygen atoms in total. The summed E-state index contributed by atoms with van der Waals surface area (Å²) in [5, 5.41) is 5.17. The Morgan fingerprint density at radius 2 is 1.91 bits per heavy atom. The number of anilines is 1. The van der Waals surface area contributed by atoms with E-state index < -0.39 is 5.60 Å². The third kappa shape index (κ3) is 3.12. The molecule has 0 bridgehead atoms. The first kappa shape index (κ1) is 15.7. The summed E-state index contributed by atoms with van der Waals surface area (Å²) in [7, 11) is 0. The van der Waals surface area contributed by atoms with Crippen molar-refractivity contribution < 1.29 is 9.53 Å². The molecule has 1 amide bonds. The number of hydrogen-bond acceptors (Lipinski definition) is 4. The van der Waals surface area contributed by atoms with Gasteiger partial charge in [-0.2, -0.15) is 5.10 Å². The predicted octanol–water partition coefficient (Wildman–Crippen LogP) is 3.36. The molecule has 1 aromatic heterocycles. The van der Waals surface area contributed by atoms with Crippen LogP contribution in [-0.4, -0.2) is 26.4 Å². The highest BCUT2D eigenvalue weighted by molar-refractivity contribution is 6.30. The van der Waals surface area contributed by atoms with Gasteiger partial charge in [-0.15, -0.1) is 0 Å². The van der Waals surface area contributed by atoms with E-state index in [0.717, 1.165) is 16.9 Å². The Morgan fingerprint density at radius 1 is 1.26 bits per heavy atom. The third-order valence-corrected chi connectivity index (χ3v) is 3.77. The van der Waals surface area contributed by atoms with Gasteiger partial charge >= 0.3 is 6.09 Å². The highest BCUT2D eigenvalue weighted by atomic mass is 35.5. The van der Waals surface area contributed by atoms with Crippen molar-refractivity contribution in [3.05, 3.63) is 40.5 Å². The van der Waals surface area contributed by atoms with Crippen LogP contribution in [0.15, 0.2) is 24.3 Å². The zero-order valence-corrected chi connectivity index (χ0v) is 14.1. The van der Waals surface area contributed by atoms with E-state index in [1.54, 1.807) is 21.7 Å². The lowest BCUT2D eigenvalue weighted by atomic mass is 10.2. The van der Waals surface area contributed by atoms with Gasteiger partial charge in [0.1, 0.15) is 11.4 Å². The van der Waals surface area contributed by atoms with E-state index in [0.29, 0.717) is 23.9 Å². The Labute approximate surface area is 139 Å². The smallest absolute Gasteiger partial charge is 0.410 e. The second-order valence-electron chi connectivity index (χ2n) is 6.54. The maximum Gasteiger partial charge on any atom is 0.410 e. The number of carbonyl (C=O) groups excluding carboxylic acids is 1. The molecule has 0 spiro atoms.